The first kappa shape index (κ1) is 8.41. The fourth-order valence-corrected chi connectivity index (χ4v) is 0.626. The summed E-state index contributed by atoms with van der Waals surface area (Å²) in [5, 5.41) is 26.1. The maximum atomic E-state index is 10.5. The molecule has 12 heavy (non-hydrogen) atoms. The molecule has 0 atom stereocenters. The largest absolute Gasteiger partial charge is 0.492 e. The molecule has 0 unspecified atom stereocenters. The lowest BCUT2D eigenvalue weighted by Crippen LogP contribution is -2.21. The third-order valence-electron chi connectivity index (χ3n) is 1.12. The van der Waals surface area contributed by atoms with Crippen LogP contribution in [0.15, 0.2) is 12.1 Å². The Balaban J connectivity index is 2.80. The first-order valence-electron chi connectivity index (χ1n) is 3.07. The minimum atomic E-state index is -0.975. The molecule has 0 bridgehead atoms. The highest BCUT2D eigenvalue weighted by Crippen LogP contribution is 2.18. The number of hydrogen-bond donors (Lipinski definition) is 3. The summed E-state index contributed by atoms with van der Waals surface area (Å²) in [6.07, 6.45) is 0. The zero-order chi connectivity index (χ0) is 9.14. The quantitative estimate of drug-likeness (QED) is 0.525. The van der Waals surface area contributed by atoms with Crippen molar-refractivity contribution in [3.05, 3.63) is 12.1 Å². The molecule has 6 nitrogen and oxygen atoms in total. The molecule has 6 heteroatoms. The highest BCUT2D eigenvalue weighted by Gasteiger charge is 2.10. The molecule has 0 spiro atoms. The minimum absolute atomic E-state index is 0.422. The maximum Gasteiger partial charge on any atom is 0.358 e. The van der Waals surface area contributed by atoms with E-state index in [0.717, 1.165) is 12.1 Å². The van der Waals surface area contributed by atoms with Crippen LogP contribution in [0.3, 0.4) is 0 Å². The summed E-state index contributed by atoms with van der Waals surface area (Å²) in [5.74, 6) is -1.82. The Labute approximate surface area is 67.2 Å². The van der Waals surface area contributed by atoms with Crippen molar-refractivity contribution >= 4 is 5.97 Å². The van der Waals surface area contributed by atoms with E-state index in [1.54, 1.807) is 0 Å². The SMILES string of the molecule is O=C(CO)On1c(O)ccc1O. The number of aromatic nitrogens is 1. The van der Waals surface area contributed by atoms with Gasteiger partial charge in [-0.05, 0) is 0 Å². The van der Waals surface area contributed by atoms with Crippen molar-refractivity contribution in [2.75, 3.05) is 6.61 Å². The summed E-state index contributed by atoms with van der Waals surface area (Å²) in [6.45, 7) is -0.822. The molecule has 0 saturated carbocycles. The molecular formula is C6H7NO5. The smallest absolute Gasteiger partial charge is 0.358 e. The summed E-state index contributed by atoms with van der Waals surface area (Å²) in [6, 6.07) is 2.28. The van der Waals surface area contributed by atoms with Gasteiger partial charge in [0.2, 0.25) is 11.8 Å². The van der Waals surface area contributed by atoms with Gasteiger partial charge in [0.05, 0.1) is 0 Å². The molecule has 0 aliphatic heterocycles. The number of aliphatic hydroxyl groups excluding tert-OH is 1. The van der Waals surface area contributed by atoms with Gasteiger partial charge in [-0.15, -0.1) is 4.73 Å². The topological polar surface area (TPSA) is 91.9 Å². The second-order valence-electron chi connectivity index (χ2n) is 1.97. The lowest BCUT2D eigenvalue weighted by molar-refractivity contribution is -0.148. The Morgan fingerprint density at radius 2 is 1.92 bits per heavy atom. The molecule has 3 N–H and O–H groups in total. The molecule has 0 aliphatic carbocycles. The van der Waals surface area contributed by atoms with E-state index in [9.17, 15) is 4.79 Å². The molecule has 0 radical (unpaired) electrons. The van der Waals surface area contributed by atoms with Crippen molar-refractivity contribution in [1.82, 2.24) is 4.73 Å². The molecule has 0 fully saturated rings. The summed E-state index contributed by atoms with van der Waals surface area (Å²) in [4.78, 5) is 14.8. The second kappa shape index (κ2) is 3.14. The van der Waals surface area contributed by atoms with E-state index < -0.39 is 24.3 Å². The molecule has 1 rings (SSSR count). The monoisotopic (exact) mass is 173 g/mol. The number of aromatic hydroxyl groups is 2. The standard InChI is InChI=1S/C6H7NO5/c8-3-6(11)12-7-4(9)1-2-5(7)10/h1-2,8-10H,3H2. The summed E-state index contributed by atoms with van der Waals surface area (Å²) < 4.78 is 0.499. The Morgan fingerprint density at radius 3 is 2.33 bits per heavy atom. The number of carbonyl (C=O) groups excluding carboxylic acids is 1. The van der Waals surface area contributed by atoms with Crippen LogP contribution in [-0.4, -0.2) is 32.6 Å². The third-order valence-corrected chi connectivity index (χ3v) is 1.12. The van der Waals surface area contributed by atoms with Gasteiger partial charge in [0.25, 0.3) is 0 Å². The van der Waals surface area contributed by atoms with Crippen molar-refractivity contribution in [2.24, 2.45) is 0 Å². The van der Waals surface area contributed by atoms with Crippen LogP contribution in [0.5, 0.6) is 11.8 Å². The Bertz CT molecular complexity index is 273. The van der Waals surface area contributed by atoms with E-state index in [0.29, 0.717) is 4.73 Å². The Kier molecular flexibility index (Phi) is 2.20. The first-order chi connectivity index (χ1) is 5.65. The van der Waals surface area contributed by atoms with E-state index in [1.165, 1.54) is 0 Å². The molecule has 1 heterocycles. The van der Waals surface area contributed by atoms with Gasteiger partial charge in [-0.1, -0.05) is 0 Å². The van der Waals surface area contributed by atoms with Gasteiger partial charge in [0.15, 0.2) is 0 Å². The predicted octanol–water partition coefficient (Wildman–Crippen LogP) is -1.15. The molecule has 0 saturated heterocycles. The third kappa shape index (κ3) is 1.48. The summed E-state index contributed by atoms with van der Waals surface area (Å²) in [7, 11) is 0. The zero-order valence-corrected chi connectivity index (χ0v) is 5.97. The Hall–Kier alpha value is -1.69. The van der Waals surface area contributed by atoms with E-state index >= 15 is 0 Å². The lowest BCUT2D eigenvalue weighted by atomic mass is 10.6. The van der Waals surface area contributed by atoms with Crippen LogP contribution in [0.2, 0.25) is 0 Å². The van der Waals surface area contributed by atoms with Crippen LogP contribution in [0.1, 0.15) is 0 Å². The highest BCUT2D eigenvalue weighted by atomic mass is 16.7. The molecule has 66 valence electrons. The van der Waals surface area contributed by atoms with Crippen molar-refractivity contribution in [3.63, 3.8) is 0 Å². The van der Waals surface area contributed by atoms with Gasteiger partial charge in [0, 0.05) is 12.1 Å². The predicted molar refractivity (Wildman–Crippen MR) is 36.4 cm³/mol. The van der Waals surface area contributed by atoms with Crippen LogP contribution >= 0.6 is 0 Å². The van der Waals surface area contributed by atoms with Gasteiger partial charge in [0.1, 0.15) is 6.61 Å². The molecule has 0 aliphatic rings. The number of carbonyl (C=O) groups is 1. The van der Waals surface area contributed by atoms with Gasteiger partial charge < -0.3 is 20.2 Å². The molecule has 0 aromatic carbocycles. The summed E-state index contributed by atoms with van der Waals surface area (Å²) >= 11 is 0. The second-order valence-corrected chi connectivity index (χ2v) is 1.97. The van der Waals surface area contributed by atoms with E-state index in [-0.39, 0.29) is 0 Å². The van der Waals surface area contributed by atoms with Gasteiger partial charge in [-0.25, -0.2) is 4.79 Å². The molecule has 1 aromatic rings. The fourth-order valence-electron chi connectivity index (χ4n) is 0.626. The van der Waals surface area contributed by atoms with Crippen molar-refractivity contribution in [2.45, 2.75) is 0 Å². The van der Waals surface area contributed by atoms with Crippen LogP contribution in [0.25, 0.3) is 0 Å². The molecular weight excluding hydrogens is 166 g/mol. The van der Waals surface area contributed by atoms with Crippen LogP contribution in [0.4, 0.5) is 0 Å². The van der Waals surface area contributed by atoms with E-state index in [4.69, 9.17) is 15.3 Å². The Morgan fingerprint density at radius 1 is 1.42 bits per heavy atom. The van der Waals surface area contributed by atoms with Crippen molar-refractivity contribution < 1.29 is 25.0 Å². The lowest BCUT2D eigenvalue weighted by Gasteiger charge is -2.04. The maximum absolute atomic E-state index is 10.5. The summed E-state index contributed by atoms with van der Waals surface area (Å²) in [5.41, 5.74) is 0. The normalized spacial score (nSPS) is 9.75. The van der Waals surface area contributed by atoms with Crippen LogP contribution in [0, 0.1) is 0 Å². The number of aliphatic hydroxyl groups is 1. The molecule has 1 aromatic heterocycles. The fraction of sp³-hybridized carbons (Fsp3) is 0.167. The van der Waals surface area contributed by atoms with Crippen LogP contribution in [-0.2, 0) is 4.79 Å². The number of rotatable bonds is 2. The van der Waals surface area contributed by atoms with Crippen molar-refractivity contribution in [1.29, 1.82) is 0 Å². The van der Waals surface area contributed by atoms with Gasteiger partial charge in [-0.3, -0.25) is 0 Å². The average Bonchev–Trinajstić information content (AvgIpc) is 2.35. The molecule has 0 amide bonds. The van der Waals surface area contributed by atoms with Crippen molar-refractivity contribution in [3.8, 4) is 11.8 Å². The average molecular weight is 173 g/mol. The van der Waals surface area contributed by atoms with E-state index in [2.05, 4.69) is 4.84 Å². The number of nitrogens with zero attached hydrogens (tertiary/aromatic N) is 1. The highest BCUT2D eigenvalue weighted by molar-refractivity contribution is 5.70. The zero-order valence-electron chi connectivity index (χ0n) is 5.97. The first-order valence-corrected chi connectivity index (χ1v) is 3.07. The van der Waals surface area contributed by atoms with E-state index in [1.807, 2.05) is 0 Å². The number of hydrogen-bond acceptors (Lipinski definition) is 5. The van der Waals surface area contributed by atoms with Gasteiger partial charge in [-0.2, -0.15) is 0 Å². The van der Waals surface area contributed by atoms with Crippen LogP contribution < -0.4 is 4.84 Å². The minimum Gasteiger partial charge on any atom is -0.492 e. The van der Waals surface area contributed by atoms with Gasteiger partial charge >= 0.3 is 5.97 Å².